The Morgan fingerprint density at radius 2 is 2.05 bits per heavy atom. The molecule has 0 heterocycles. The number of thiol groups is 1. The molecule has 1 aromatic rings. The summed E-state index contributed by atoms with van der Waals surface area (Å²) in [6.07, 6.45) is 5.99. The Bertz CT molecular complexity index is 444. The van der Waals surface area contributed by atoms with Gasteiger partial charge in [-0.3, -0.25) is 10.1 Å². The molecule has 0 spiro atoms. The Kier molecular flexibility index (Phi) is 4.69. The van der Waals surface area contributed by atoms with Crippen molar-refractivity contribution in [2.75, 3.05) is 12.4 Å². The zero-order chi connectivity index (χ0) is 13.7. The predicted molar refractivity (Wildman–Crippen MR) is 78.0 cm³/mol. The molecule has 0 N–H and O–H groups in total. The van der Waals surface area contributed by atoms with E-state index in [1.807, 2.05) is 0 Å². The molecule has 0 amide bonds. The molecule has 4 nitrogen and oxygen atoms in total. The molecule has 0 saturated heterocycles. The summed E-state index contributed by atoms with van der Waals surface area (Å²) in [6, 6.07) is 6.38. The normalized spacial score (nSPS) is 17.9. The highest BCUT2D eigenvalue weighted by Gasteiger charge is 2.31. The summed E-state index contributed by atoms with van der Waals surface area (Å²) < 4.78 is 5.78. The van der Waals surface area contributed by atoms with E-state index in [0.717, 1.165) is 18.6 Å². The highest BCUT2D eigenvalue weighted by Crippen LogP contribution is 2.37. The third-order valence-corrected chi connectivity index (χ3v) is 4.49. The minimum Gasteiger partial charge on any atom is -0.493 e. The fraction of sp³-hybridized carbons (Fsp3) is 0.571. The van der Waals surface area contributed by atoms with Crippen LogP contribution in [0.15, 0.2) is 24.3 Å². The second kappa shape index (κ2) is 6.28. The number of ether oxygens (including phenoxy) is 1. The van der Waals surface area contributed by atoms with Crippen LogP contribution in [0.2, 0.25) is 0 Å². The van der Waals surface area contributed by atoms with Gasteiger partial charge >= 0.3 is 0 Å². The van der Waals surface area contributed by atoms with Crippen LogP contribution >= 0.6 is 12.6 Å². The molecule has 104 valence electrons. The maximum absolute atomic E-state index is 10.7. The highest BCUT2D eigenvalue weighted by molar-refractivity contribution is 7.80. The van der Waals surface area contributed by atoms with Gasteiger partial charge in [0.25, 0.3) is 5.69 Å². The quantitative estimate of drug-likeness (QED) is 0.506. The number of hydrogen-bond acceptors (Lipinski definition) is 4. The average molecular weight is 281 g/mol. The number of rotatable bonds is 5. The summed E-state index contributed by atoms with van der Waals surface area (Å²) in [7, 11) is 0. The van der Waals surface area contributed by atoms with Crippen molar-refractivity contribution in [1.29, 1.82) is 0 Å². The molecule has 1 fully saturated rings. The van der Waals surface area contributed by atoms with E-state index in [1.54, 1.807) is 12.1 Å². The molecule has 5 heteroatoms. The Labute approximate surface area is 118 Å². The summed E-state index contributed by atoms with van der Waals surface area (Å²) in [5.41, 5.74) is 0.201. The molecule has 1 aliphatic carbocycles. The number of nitrogens with zero attached hydrogens (tertiary/aromatic N) is 1. The standard InChI is InChI=1S/C14H19NO3S/c16-15(17)12-5-4-6-13(9-12)18-10-14(11-19)7-2-1-3-8-14/h4-6,9,19H,1-3,7-8,10-11H2. The van der Waals surface area contributed by atoms with E-state index in [4.69, 9.17) is 4.74 Å². The molecule has 0 bridgehead atoms. The second-order valence-corrected chi connectivity index (χ2v) is 5.58. The third kappa shape index (κ3) is 3.62. The zero-order valence-electron chi connectivity index (χ0n) is 10.9. The SMILES string of the molecule is O=[N+]([O-])c1cccc(OCC2(CS)CCCCC2)c1. The lowest BCUT2D eigenvalue weighted by atomic mass is 9.76. The van der Waals surface area contributed by atoms with Crippen molar-refractivity contribution >= 4 is 18.3 Å². The van der Waals surface area contributed by atoms with Gasteiger partial charge in [-0.05, 0) is 24.7 Å². The maximum Gasteiger partial charge on any atom is 0.273 e. The van der Waals surface area contributed by atoms with Gasteiger partial charge < -0.3 is 4.74 Å². The van der Waals surface area contributed by atoms with Gasteiger partial charge in [0.15, 0.2) is 0 Å². The molecule has 0 aliphatic heterocycles. The Morgan fingerprint density at radius 1 is 1.32 bits per heavy atom. The molecule has 1 saturated carbocycles. The first-order valence-electron chi connectivity index (χ1n) is 6.63. The smallest absolute Gasteiger partial charge is 0.273 e. The van der Waals surface area contributed by atoms with E-state index in [1.165, 1.54) is 31.4 Å². The monoisotopic (exact) mass is 281 g/mol. The van der Waals surface area contributed by atoms with Crippen molar-refractivity contribution in [1.82, 2.24) is 0 Å². The van der Waals surface area contributed by atoms with E-state index in [-0.39, 0.29) is 11.1 Å². The topological polar surface area (TPSA) is 52.4 Å². The van der Waals surface area contributed by atoms with Crippen molar-refractivity contribution in [3.63, 3.8) is 0 Å². The van der Waals surface area contributed by atoms with Gasteiger partial charge in [0.1, 0.15) is 5.75 Å². The molecule has 0 radical (unpaired) electrons. The molecule has 2 rings (SSSR count). The van der Waals surface area contributed by atoms with Gasteiger partial charge in [0, 0.05) is 11.5 Å². The fourth-order valence-electron chi connectivity index (χ4n) is 2.57. The molecule has 1 aliphatic rings. The van der Waals surface area contributed by atoms with Crippen LogP contribution in [0.25, 0.3) is 0 Å². The molecule has 0 atom stereocenters. The summed E-state index contributed by atoms with van der Waals surface area (Å²) >= 11 is 4.46. The molecule has 1 aromatic carbocycles. The molecular weight excluding hydrogens is 262 g/mol. The van der Waals surface area contributed by atoms with Crippen LogP contribution in [-0.2, 0) is 0 Å². The van der Waals surface area contributed by atoms with Gasteiger partial charge in [-0.15, -0.1) is 0 Å². The lowest BCUT2D eigenvalue weighted by Crippen LogP contribution is -2.32. The lowest BCUT2D eigenvalue weighted by molar-refractivity contribution is -0.384. The highest BCUT2D eigenvalue weighted by atomic mass is 32.1. The number of nitro groups is 1. The van der Waals surface area contributed by atoms with Gasteiger partial charge in [-0.25, -0.2) is 0 Å². The van der Waals surface area contributed by atoms with Crippen molar-refractivity contribution in [3.05, 3.63) is 34.4 Å². The van der Waals surface area contributed by atoms with E-state index < -0.39 is 4.92 Å². The predicted octanol–water partition coefficient (Wildman–Crippen LogP) is 3.85. The second-order valence-electron chi connectivity index (χ2n) is 5.26. The first-order chi connectivity index (χ1) is 9.15. The van der Waals surface area contributed by atoms with Crippen LogP contribution in [0.4, 0.5) is 5.69 Å². The Balaban J connectivity index is 2.00. The summed E-state index contributed by atoms with van der Waals surface area (Å²) in [6.45, 7) is 0.595. The summed E-state index contributed by atoms with van der Waals surface area (Å²) in [5, 5.41) is 10.7. The van der Waals surface area contributed by atoms with Crippen molar-refractivity contribution in [2.45, 2.75) is 32.1 Å². The Hall–Kier alpha value is -1.23. The largest absolute Gasteiger partial charge is 0.493 e. The molecule has 0 unspecified atom stereocenters. The summed E-state index contributed by atoms with van der Waals surface area (Å²) in [4.78, 5) is 10.3. The van der Waals surface area contributed by atoms with Gasteiger partial charge in [-0.1, -0.05) is 25.3 Å². The van der Waals surface area contributed by atoms with Crippen LogP contribution in [-0.4, -0.2) is 17.3 Å². The molecule has 19 heavy (non-hydrogen) atoms. The van der Waals surface area contributed by atoms with Crippen LogP contribution in [0.5, 0.6) is 5.75 Å². The number of non-ortho nitro benzene ring substituents is 1. The first kappa shape index (κ1) is 14.2. The minimum atomic E-state index is -0.401. The third-order valence-electron chi connectivity index (χ3n) is 3.82. The Morgan fingerprint density at radius 3 is 2.68 bits per heavy atom. The van der Waals surface area contributed by atoms with E-state index in [2.05, 4.69) is 12.6 Å². The molecule has 0 aromatic heterocycles. The molecular formula is C14H19NO3S. The lowest BCUT2D eigenvalue weighted by Gasteiger charge is -2.35. The van der Waals surface area contributed by atoms with E-state index in [9.17, 15) is 10.1 Å². The van der Waals surface area contributed by atoms with Crippen LogP contribution < -0.4 is 4.74 Å². The van der Waals surface area contributed by atoms with Crippen molar-refractivity contribution < 1.29 is 9.66 Å². The number of nitro benzene ring substituents is 1. The number of hydrogen-bond donors (Lipinski definition) is 1. The van der Waals surface area contributed by atoms with E-state index in [0.29, 0.717) is 12.4 Å². The van der Waals surface area contributed by atoms with Crippen LogP contribution in [0, 0.1) is 15.5 Å². The summed E-state index contributed by atoms with van der Waals surface area (Å²) in [5.74, 6) is 1.38. The number of benzene rings is 1. The van der Waals surface area contributed by atoms with Crippen LogP contribution in [0.3, 0.4) is 0 Å². The zero-order valence-corrected chi connectivity index (χ0v) is 11.8. The van der Waals surface area contributed by atoms with Crippen molar-refractivity contribution in [2.24, 2.45) is 5.41 Å². The van der Waals surface area contributed by atoms with Crippen molar-refractivity contribution in [3.8, 4) is 5.75 Å². The van der Waals surface area contributed by atoms with Gasteiger partial charge in [0.05, 0.1) is 17.6 Å². The minimum absolute atomic E-state index is 0.0704. The van der Waals surface area contributed by atoms with Crippen LogP contribution in [0.1, 0.15) is 32.1 Å². The van der Waals surface area contributed by atoms with E-state index >= 15 is 0 Å². The van der Waals surface area contributed by atoms with Gasteiger partial charge in [0.2, 0.25) is 0 Å². The maximum atomic E-state index is 10.7. The van der Waals surface area contributed by atoms with Gasteiger partial charge in [-0.2, -0.15) is 12.6 Å². The average Bonchev–Trinajstić information content (AvgIpc) is 2.46. The first-order valence-corrected chi connectivity index (χ1v) is 7.27. The fourth-order valence-corrected chi connectivity index (χ4v) is 2.98.